The number of rotatable bonds is 7. The number of benzene rings is 3. The SMILES string of the molecule is Cc1cccc(C)c1Cn1nc(-c2ccc(N(C)C)cc2)cc1C(=O)NS(=O)(=O)c1ccccc1. The third-order valence-electron chi connectivity index (χ3n) is 5.92. The first kappa shape index (κ1) is 24.2. The van der Waals surface area contributed by atoms with E-state index in [1.54, 1.807) is 28.9 Å². The number of nitrogens with zero attached hydrogens (tertiary/aromatic N) is 3. The van der Waals surface area contributed by atoms with E-state index in [9.17, 15) is 13.2 Å². The number of hydrogen-bond acceptors (Lipinski definition) is 5. The van der Waals surface area contributed by atoms with Gasteiger partial charge in [0.25, 0.3) is 15.9 Å². The van der Waals surface area contributed by atoms with Crippen molar-refractivity contribution in [1.29, 1.82) is 0 Å². The number of carbonyl (C=O) groups is 1. The van der Waals surface area contributed by atoms with Crippen molar-refractivity contribution in [1.82, 2.24) is 14.5 Å². The van der Waals surface area contributed by atoms with Gasteiger partial charge < -0.3 is 4.90 Å². The maximum Gasteiger partial charge on any atom is 0.283 e. The van der Waals surface area contributed by atoms with Gasteiger partial charge in [0.05, 0.1) is 17.1 Å². The Morgan fingerprint density at radius 2 is 1.54 bits per heavy atom. The van der Waals surface area contributed by atoms with Crippen molar-refractivity contribution in [3.05, 3.63) is 101 Å². The molecule has 0 bridgehead atoms. The molecule has 180 valence electrons. The fourth-order valence-electron chi connectivity index (χ4n) is 3.87. The van der Waals surface area contributed by atoms with Gasteiger partial charge in [0, 0.05) is 25.3 Å². The van der Waals surface area contributed by atoms with Crippen LogP contribution in [-0.2, 0) is 16.6 Å². The Morgan fingerprint density at radius 1 is 0.914 bits per heavy atom. The number of amides is 1. The molecule has 7 nitrogen and oxygen atoms in total. The lowest BCUT2D eigenvalue weighted by Crippen LogP contribution is -2.32. The highest BCUT2D eigenvalue weighted by atomic mass is 32.2. The monoisotopic (exact) mass is 488 g/mol. The first-order chi connectivity index (χ1) is 16.7. The highest BCUT2D eigenvalue weighted by Crippen LogP contribution is 2.24. The normalized spacial score (nSPS) is 11.3. The molecule has 0 aliphatic heterocycles. The van der Waals surface area contributed by atoms with Crippen LogP contribution in [0.4, 0.5) is 5.69 Å². The van der Waals surface area contributed by atoms with Gasteiger partial charge in [-0.25, -0.2) is 13.1 Å². The molecule has 0 unspecified atom stereocenters. The van der Waals surface area contributed by atoms with Gasteiger partial charge in [0.15, 0.2) is 0 Å². The molecule has 1 heterocycles. The summed E-state index contributed by atoms with van der Waals surface area (Å²) in [6.07, 6.45) is 0. The third kappa shape index (κ3) is 5.27. The zero-order valence-corrected chi connectivity index (χ0v) is 21.0. The molecule has 0 saturated heterocycles. The molecular weight excluding hydrogens is 460 g/mol. The standard InChI is InChI=1S/C27H28N4O3S/c1-19-9-8-10-20(2)24(19)18-31-26(27(32)29-35(33,34)23-11-6-5-7-12-23)17-25(28-31)21-13-15-22(16-14-21)30(3)4/h5-17H,18H2,1-4H3,(H,29,32). The summed E-state index contributed by atoms with van der Waals surface area (Å²) in [5.41, 5.74) is 5.79. The average Bonchev–Trinajstić information content (AvgIpc) is 3.26. The Labute approximate surface area is 206 Å². The molecule has 1 amide bonds. The van der Waals surface area contributed by atoms with E-state index in [0.29, 0.717) is 12.2 Å². The lowest BCUT2D eigenvalue weighted by Gasteiger charge is -2.13. The van der Waals surface area contributed by atoms with E-state index >= 15 is 0 Å². The lowest BCUT2D eigenvalue weighted by molar-refractivity contribution is 0.0971. The van der Waals surface area contributed by atoms with Crippen molar-refractivity contribution in [2.75, 3.05) is 19.0 Å². The van der Waals surface area contributed by atoms with Crippen LogP contribution in [0.3, 0.4) is 0 Å². The molecule has 3 aromatic carbocycles. The third-order valence-corrected chi connectivity index (χ3v) is 7.27. The van der Waals surface area contributed by atoms with Crippen LogP contribution in [0.1, 0.15) is 27.2 Å². The van der Waals surface area contributed by atoms with Crippen molar-refractivity contribution in [3.63, 3.8) is 0 Å². The Bertz CT molecular complexity index is 1440. The zero-order valence-electron chi connectivity index (χ0n) is 20.2. The number of carbonyl (C=O) groups excluding carboxylic acids is 1. The average molecular weight is 489 g/mol. The molecule has 1 N–H and O–H groups in total. The fraction of sp³-hybridized carbons (Fsp3) is 0.185. The van der Waals surface area contributed by atoms with Crippen LogP contribution in [0.25, 0.3) is 11.3 Å². The molecule has 0 aliphatic carbocycles. The van der Waals surface area contributed by atoms with Gasteiger partial charge >= 0.3 is 0 Å². The Morgan fingerprint density at radius 3 is 2.14 bits per heavy atom. The van der Waals surface area contributed by atoms with Gasteiger partial charge in [0.2, 0.25) is 0 Å². The quantitative estimate of drug-likeness (QED) is 0.417. The first-order valence-electron chi connectivity index (χ1n) is 11.2. The van der Waals surface area contributed by atoms with Gasteiger partial charge in [-0.1, -0.05) is 48.5 Å². The van der Waals surface area contributed by atoms with Crippen molar-refractivity contribution in [3.8, 4) is 11.3 Å². The van der Waals surface area contributed by atoms with E-state index in [-0.39, 0.29) is 10.6 Å². The number of aromatic nitrogens is 2. The predicted octanol–water partition coefficient (Wildman–Crippen LogP) is 4.40. The summed E-state index contributed by atoms with van der Waals surface area (Å²) in [5.74, 6) is -0.733. The molecule has 4 aromatic rings. The van der Waals surface area contributed by atoms with E-state index in [1.165, 1.54) is 12.1 Å². The van der Waals surface area contributed by atoms with E-state index in [2.05, 4.69) is 4.72 Å². The number of anilines is 1. The summed E-state index contributed by atoms with van der Waals surface area (Å²) in [7, 11) is -0.106. The molecular formula is C27H28N4O3S. The lowest BCUT2D eigenvalue weighted by atomic mass is 10.0. The maximum absolute atomic E-state index is 13.2. The Kier molecular flexibility index (Phi) is 6.75. The van der Waals surface area contributed by atoms with Crippen LogP contribution in [0.2, 0.25) is 0 Å². The van der Waals surface area contributed by atoms with Crippen LogP contribution in [-0.4, -0.2) is 38.2 Å². The fourth-order valence-corrected chi connectivity index (χ4v) is 4.85. The largest absolute Gasteiger partial charge is 0.378 e. The van der Waals surface area contributed by atoms with Crippen molar-refractivity contribution in [2.45, 2.75) is 25.3 Å². The maximum atomic E-state index is 13.2. The summed E-state index contributed by atoms with van der Waals surface area (Å²) in [6.45, 7) is 4.35. The van der Waals surface area contributed by atoms with E-state index in [0.717, 1.165) is 27.9 Å². The van der Waals surface area contributed by atoms with Crippen LogP contribution in [0.15, 0.2) is 83.8 Å². The van der Waals surface area contributed by atoms with Gasteiger partial charge in [0.1, 0.15) is 5.69 Å². The van der Waals surface area contributed by atoms with Crippen LogP contribution >= 0.6 is 0 Å². The minimum Gasteiger partial charge on any atom is -0.378 e. The summed E-state index contributed by atoms with van der Waals surface area (Å²) < 4.78 is 29.4. The van der Waals surface area contributed by atoms with Crippen LogP contribution in [0, 0.1) is 13.8 Å². The number of aryl methyl sites for hydroxylation is 2. The van der Waals surface area contributed by atoms with Crippen LogP contribution in [0.5, 0.6) is 0 Å². The number of hydrogen-bond donors (Lipinski definition) is 1. The molecule has 0 aliphatic rings. The zero-order chi connectivity index (χ0) is 25.2. The first-order valence-corrected chi connectivity index (χ1v) is 12.7. The molecule has 8 heteroatoms. The van der Waals surface area contributed by atoms with Gasteiger partial charge in [-0.05, 0) is 60.9 Å². The Balaban J connectivity index is 1.74. The highest BCUT2D eigenvalue weighted by Gasteiger charge is 2.23. The molecule has 4 rings (SSSR count). The van der Waals surface area contributed by atoms with Crippen molar-refractivity contribution >= 4 is 21.6 Å². The minimum atomic E-state index is -4.03. The summed E-state index contributed by atoms with van der Waals surface area (Å²) in [6, 6.07) is 23.3. The highest BCUT2D eigenvalue weighted by molar-refractivity contribution is 7.90. The smallest absolute Gasteiger partial charge is 0.283 e. The number of nitrogens with one attached hydrogen (secondary N) is 1. The Hall–Kier alpha value is -3.91. The summed E-state index contributed by atoms with van der Waals surface area (Å²) in [4.78, 5) is 15.3. The molecule has 1 aromatic heterocycles. The number of sulfonamides is 1. The summed E-state index contributed by atoms with van der Waals surface area (Å²) in [5, 5.41) is 4.70. The van der Waals surface area contributed by atoms with E-state index in [1.807, 2.05) is 75.3 Å². The van der Waals surface area contributed by atoms with Gasteiger partial charge in [-0.15, -0.1) is 0 Å². The summed E-state index contributed by atoms with van der Waals surface area (Å²) >= 11 is 0. The molecule has 0 fully saturated rings. The minimum absolute atomic E-state index is 0.0219. The van der Waals surface area contributed by atoms with E-state index in [4.69, 9.17) is 5.10 Å². The van der Waals surface area contributed by atoms with Gasteiger partial charge in [-0.3, -0.25) is 9.48 Å². The van der Waals surface area contributed by atoms with Crippen molar-refractivity contribution < 1.29 is 13.2 Å². The topological polar surface area (TPSA) is 84.3 Å². The predicted molar refractivity (Wildman–Crippen MR) is 138 cm³/mol. The van der Waals surface area contributed by atoms with Crippen molar-refractivity contribution in [2.24, 2.45) is 0 Å². The van der Waals surface area contributed by atoms with Crippen LogP contribution < -0.4 is 9.62 Å². The van der Waals surface area contributed by atoms with Gasteiger partial charge in [-0.2, -0.15) is 5.10 Å². The second-order valence-electron chi connectivity index (χ2n) is 8.63. The second-order valence-corrected chi connectivity index (χ2v) is 10.3. The molecule has 0 radical (unpaired) electrons. The molecule has 0 saturated carbocycles. The molecule has 0 atom stereocenters. The van der Waals surface area contributed by atoms with E-state index < -0.39 is 15.9 Å². The molecule has 35 heavy (non-hydrogen) atoms. The molecule has 0 spiro atoms. The second kappa shape index (κ2) is 9.76.